The fourth-order valence-corrected chi connectivity index (χ4v) is 4.49. The zero-order valence-electron chi connectivity index (χ0n) is 14.3. The number of benzene rings is 1. The summed E-state index contributed by atoms with van der Waals surface area (Å²) in [7, 11) is 0. The van der Waals surface area contributed by atoms with Crippen LogP contribution in [0.25, 0.3) is 0 Å². The van der Waals surface area contributed by atoms with Gasteiger partial charge in [0.25, 0.3) is 0 Å². The van der Waals surface area contributed by atoms with E-state index in [2.05, 4.69) is 10.3 Å². The number of fused-ring (bicyclic) bond motifs is 1. The second kappa shape index (κ2) is 6.88. The lowest BCUT2D eigenvalue weighted by molar-refractivity contribution is -0.127. The van der Waals surface area contributed by atoms with Crippen LogP contribution in [0, 0.1) is 5.82 Å². The van der Waals surface area contributed by atoms with Crippen molar-refractivity contribution < 1.29 is 13.9 Å². The van der Waals surface area contributed by atoms with Gasteiger partial charge in [-0.15, -0.1) is 0 Å². The number of nitrogens with zero attached hydrogens (tertiary/aromatic N) is 1. The zero-order chi connectivity index (χ0) is 18.1. The fourth-order valence-electron chi connectivity index (χ4n) is 4.14. The van der Waals surface area contributed by atoms with E-state index in [1.807, 2.05) is 12.1 Å². The molecule has 4 nitrogen and oxygen atoms in total. The average molecular weight is 375 g/mol. The van der Waals surface area contributed by atoms with Crippen molar-refractivity contribution in [3.05, 3.63) is 58.5 Å². The normalized spacial score (nSPS) is 20.9. The molecule has 0 spiro atoms. The van der Waals surface area contributed by atoms with E-state index in [-0.39, 0.29) is 11.9 Å². The Morgan fingerprint density at radius 2 is 2.12 bits per heavy atom. The molecule has 136 valence electrons. The Balaban J connectivity index is 1.65. The maximum absolute atomic E-state index is 13.5. The number of rotatable bonds is 3. The molecule has 2 aromatic rings. The number of pyridine rings is 1. The quantitative estimate of drug-likeness (QED) is 0.870. The van der Waals surface area contributed by atoms with Gasteiger partial charge in [0.1, 0.15) is 5.82 Å². The molecule has 1 unspecified atom stereocenters. The third-order valence-electron chi connectivity index (χ3n) is 5.47. The van der Waals surface area contributed by atoms with Gasteiger partial charge in [-0.2, -0.15) is 0 Å². The summed E-state index contributed by atoms with van der Waals surface area (Å²) in [6.07, 6.45) is 5.71. The number of ether oxygens (including phenoxy) is 1. The van der Waals surface area contributed by atoms with Crippen molar-refractivity contribution in [3.63, 3.8) is 0 Å². The number of nitrogens with one attached hydrogen (secondary N) is 1. The van der Waals surface area contributed by atoms with Gasteiger partial charge in [-0.3, -0.25) is 4.79 Å². The van der Waals surface area contributed by atoms with Crippen molar-refractivity contribution in [2.24, 2.45) is 0 Å². The highest BCUT2D eigenvalue weighted by Crippen LogP contribution is 2.45. The van der Waals surface area contributed by atoms with Crippen LogP contribution in [0.2, 0.25) is 5.02 Å². The molecule has 1 aromatic carbocycles. The summed E-state index contributed by atoms with van der Waals surface area (Å²) in [6.45, 7) is 0.513. The smallest absolute Gasteiger partial charge is 0.231 e. The minimum absolute atomic E-state index is 0.0507. The molecule has 1 fully saturated rings. The van der Waals surface area contributed by atoms with Crippen LogP contribution in [0.4, 0.5) is 4.39 Å². The predicted octanol–water partition coefficient (Wildman–Crippen LogP) is 4.33. The molecule has 1 aliphatic heterocycles. The monoisotopic (exact) mass is 374 g/mol. The lowest BCUT2D eigenvalue weighted by atomic mass is 9.77. The maximum Gasteiger partial charge on any atom is 0.231 e. The minimum atomic E-state index is -0.703. The Bertz CT molecular complexity index is 836. The average Bonchev–Trinajstić information content (AvgIpc) is 3.13. The molecule has 1 N–H and O–H groups in total. The van der Waals surface area contributed by atoms with Gasteiger partial charge >= 0.3 is 0 Å². The first kappa shape index (κ1) is 17.3. The van der Waals surface area contributed by atoms with Gasteiger partial charge in [-0.25, -0.2) is 9.37 Å². The van der Waals surface area contributed by atoms with Gasteiger partial charge in [0, 0.05) is 23.2 Å². The van der Waals surface area contributed by atoms with Crippen molar-refractivity contribution in [1.29, 1.82) is 0 Å². The van der Waals surface area contributed by atoms with E-state index in [1.54, 1.807) is 12.3 Å². The van der Waals surface area contributed by atoms with Crippen LogP contribution < -0.4 is 10.1 Å². The molecule has 1 aromatic heterocycles. The Labute approximate surface area is 156 Å². The van der Waals surface area contributed by atoms with Crippen molar-refractivity contribution >= 4 is 17.5 Å². The molecule has 0 bridgehead atoms. The van der Waals surface area contributed by atoms with Crippen molar-refractivity contribution in [1.82, 2.24) is 10.3 Å². The number of carbonyl (C=O) groups is 1. The standard InChI is InChI=1S/C20H20ClFN2O2/c21-16-12-13(22)5-6-15(16)20(8-1-2-9-20)19(25)24-17-7-11-26-18-14(17)4-3-10-23-18/h3-6,10,12,17H,1-2,7-9,11H2,(H,24,25). The van der Waals surface area contributed by atoms with E-state index in [0.29, 0.717) is 42.3 Å². The SMILES string of the molecule is O=C(NC1CCOc2ncccc21)C1(c2ccc(F)cc2Cl)CCCC1. The molecule has 26 heavy (non-hydrogen) atoms. The second-order valence-corrected chi connectivity index (χ2v) is 7.38. The molecular formula is C20H20ClFN2O2. The summed E-state index contributed by atoms with van der Waals surface area (Å²) >= 11 is 6.32. The van der Waals surface area contributed by atoms with Crippen LogP contribution in [-0.2, 0) is 10.2 Å². The number of aromatic nitrogens is 1. The summed E-state index contributed by atoms with van der Waals surface area (Å²) in [5.74, 6) is 0.131. The van der Waals surface area contributed by atoms with Crippen LogP contribution in [0.5, 0.6) is 5.88 Å². The highest BCUT2D eigenvalue weighted by Gasteiger charge is 2.45. The Morgan fingerprint density at radius 3 is 2.88 bits per heavy atom. The largest absolute Gasteiger partial charge is 0.477 e. The number of hydrogen-bond acceptors (Lipinski definition) is 3. The lowest BCUT2D eigenvalue weighted by Crippen LogP contribution is -2.45. The zero-order valence-corrected chi connectivity index (χ0v) is 15.1. The topological polar surface area (TPSA) is 51.2 Å². The molecule has 0 saturated heterocycles. The highest BCUT2D eigenvalue weighted by molar-refractivity contribution is 6.31. The molecular weight excluding hydrogens is 355 g/mol. The Morgan fingerprint density at radius 1 is 1.31 bits per heavy atom. The number of hydrogen-bond donors (Lipinski definition) is 1. The molecule has 1 saturated carbocycles. The molecule has 2 heterocycles. The van der Waals surface area contributed by atoms with E-state index in [9.17, 15) is 9.18 Å². The second-order valence-electron chi connectivity index (χ2n) is 6.97. The van der Waals surface area contributed by atoms with Crippen LogP contribution in [0.15, 0.2) is 36.5 Å². The molecule has 0 radical (unpaired) electrons. The summed E-state index contributed by atoms with van der Waals surface area (Å²) in [5, 5.41) is 3.50. The molecule has 2 aliphatic rings. The lowest BCUT2D eigenvalue weighted by Gasteiger charge is -2.33. The van der Waals surface area contributed by atoms with Gasteiger partial charge < -0.3 is 10.1 Å². The number of halogens is 2. The number of amides is 1. The molecule has 1 amide bonds. The van der Waals surface area contributed by atoms with E-state index in [4.69, 9.17) is 16.3 Å². The summed E-state index contributed by atoms with van der Waals surface area (Å²) in [6, 6.07) is 7.95. The maximum atomic E-state index is 13.5. The molecule has 6 heteroatoms. The van der Waals surface area contributed by atoms with Gasteiger partial charge in [0.15, 0.2) is 0 Å². The van der Waals surface area contributed by atoms with Crippen molar-refractivity contribution in [2.75, 3.05) is 6.61 Å². The van der Waals surface area contributed by atoms with Crippen LogP contribution in [0.1, 0.15) is 49.3 Å². The van der Waals surface area contributed by atoms with E-state index < -0.39 is 11.2 Å². The molecule has 1 aliphatic carbocycles. The van der Waals surface area contributed by atoms with Crippen LogP contribution in [0.3, 0.4) is 0 Å². The van der Waals surface area contributed by atoms with E-state index >= 15 is 0 Å². The summed E-state index contributed by atoms with van der Waals surface area (Å²) < 4.78 is 19.1. The van der Waals surface area contributed by atoms with Gasteiger partial charge in [-0.1, -0.05) is 36.6 Å². The first-order valence-corrected chi connectivity index (χ1v) is 9.32. The summed E-state index contributed by atoms with van der Waals surface area (Å²) in [5.41, 5.74) is 0.908. The van der Waals surface area contributed by atoms with Gasteiger partial charge in [-0.05, 0) is 36.6 Å². The third kappa shape index (κ3) is 2.94. The molecule has 4 rings (SSSR count). The van der Waals surface area contributed by atoms with Crippen LogP contribution >= 0.6 is 11.6 Å². The fraction of sp³-hybridized carbons (Fsp3) is 0.400. The third-order valence-corrected chi connectivity index (χ3v) is 5.78. The van der Waals surface area contributed by atoms with Gasteiger partial charge in [0.2, 0.25) is 11.8 Å². The minimum Gasteiger partial charge on any atom is -0.477 e. The molecule has 1 atom stereocenters. The Hall–Kier alpha value is -2.14. The van der Waals surface area contributed by atoms with E-state index in [0.717, 1.165) is 18.4 Å². The number of carbonyl (C=O) groups excluding carboxylic acids is 1. The van der Waals surface area contributed by atoms with Gasteiger partial charge in [0.05, 0.1) is 18.1 Å². The predicted molar refractivity (Wildman–Crippen MR) is 96.8 cm³/mol. The first-order valence-electron chi connectivity index (χ1n) is 8.94. The Kier molecular flexibility index (Phi) is 4.57. The van der Waals surface area contributed by atoms with Crippen LogP contribution in [-0.4, -0.2) is 17.5 Å². The van der Waals surface area contributed by atoms with Crippen molar-refractivity contribution in [3.8, 4) is 5.88 Å². The van der Waals surface area contributed by atoms with E-state index in [1.165, 1.54) is 12.1 Å². The highest BCUT2D eigenvalue weighted by atomic mass is 35.5. The summed E-state index contributed by atoms with van der Waals surface area (Å²) in [4.78, 5) is 17.6. The first-order chi connectivity index (χ1) is 12.6. The van der Waals surface area contributed by atoms with Crippen molar-refractivity contribution in [2.45, 2.75) is 43.6 Å².